The van der Waals surface area contributed by atoms with E-state index in [1.54, 1.807) is 0 Å². The van der Waals surface area contributed by atoms with E-state index in [4.69, 9.17) is 4.74 Å². The van der Waals surface area contributed by atoms with Crippen molar-refractivity contribution in [3.8, 4) is 0 Å². The molecule has 0 aromatic carbocycles. The number of hydrogen-bond donors (Lipinski definition) is 0. The first-order valence-electron chi connectivity index (χ1n) is 8.65. The molecule has 3 rings (SSSR count). The molecule has 0 aromatic heterocycles. The number of morpholine rings is 1. The first-order valence-corrected chi connectivity index (χ1v) is 8.65. The monoisotopic (exact) mass is 281 g/mol. The molecule has 3 fully saturated rings. The molecule has 3 aliphatic heterocycles. The predicted molar refractivity (Wildman–Crippen MR) is 82.1 cm³/mol. The van der Waals surface area contributed by atoms with E-state index < -0.39 is 0 Å². The highest BCUT2D eigenvalue weighted by Gasteiger charge is 2.35. The summed E-state index contributed by atoms with van der Waals surface area (Å²) in [4.78, 5) is 8.09. The molecule has 4 heteroatoms. The molecule has 0 bridgehead atoms. The summed E-state index contributed by atoms with van der Waals surface area (Å²) in [7, 11) is 0. The number of nitrogens with zero attached hydrogens (tertiary/aromatic N) is 3. The maximum atomic E-state index is 5.42. The lowest BCUT2D eigenvalue weighted by molar-refractivity contribution is 0.0268. The van der Waals surface area contributed by atoms with E-state index in [2.05, 4.69) is 21.6 Å². The van der Waals surface area contributed by atoms with E-state index >= 15 is 0 Å². The molecule has 0 saturated carbocycles. The third kappa shape index (κ3) is 3.53. The van der Waals surface area contributed by atoms with Gasteiger partial charge in [0.15, 0.2) is 0 Å². The Morgan fingerprint density at radius 3 is 2.70 bits per heavy atom. The van der Waals surface area contributed by atoms with Crippen LogP contribution in [0.15, 0.2) is 0 Å². The summed E-state index contributed by atoms with van der Waals surface area (Å²) in [6.07, 6.45) is 5.48. The van der Waals surface area contributed by atoms with Crippen molar-refractivity contribution in [2.24, 2.45) is 0 Å². The topological polar surface area (TPSA) is 19.0 Å². The highest BCUT2D eigenvalue weighted by atomic mass is 16.5. The molecule has 0 amide bonds. The summed E-state index contributed by atoms with van der Waals surface area (Å²) in [5, 5.41) is 0. The van der Waals surface area contributed by atoms with Gasteiger partial charge in [-0.15, -0.1) is 0 Å². The molecular formula is C16H31N3O. The van der Waals surface area contributed by atoms with Gasteiger partial charge < -0.3 is 4.74 Å². The van der Waals surface area contributed by atoms with Crippen molar-refractivity contribution < 1.29 is 4.74 Å². The Kier molecular flexibility index (Phi) is 5.32. The lowest BCUT2D eigenvalue weighted by atomic mass is 10.0. The SMILES string of the molecule is CC[C@H]1CN2CCC[C@H]2CN1CCCN1CCOCC1. The molecule has 0 aromatic rings. The molecule has 0 unspecified atom stereocenters. The van der Waals surface area contributed by atoms with Gasteiger partial charge in [-0.05, 0) is 45.3 Å². The molecular weight excluding hydrogens is 250 g/mol. The molecule has 3 heterocycles. The first kappa shape index (κ1) is 14.8. The highest BCUT2D eigenvalue weighted by Crippen LogP contribution is 2.25. The molecule has 0 spiro atoms. The molecule has 0 N–H and O–H groups in total. The van der Waals surface area contributed by atoms with E-state index in [1.165, 1.54) is 58.4 Å². The van der Waals surface area contributed by atoms with Crippen LogP contribution in [0.5, 0.6) is 0 Å². The number of hydrogen-bond acceptors (Lipinski definition) is 4. The van der Waals surface area contributed by atoms with Crippen molar-refractivity contribution in [3.05, 3.63) is 0 Å². The van der Waals surface area contributed by atoms with Crippen LogP contribution in [0, 0.1) is 0 Å². The van der Waals surface area contributed by atoms with Gasteiger partial charge in [0.05, 0.1) is 13.2 Å². The minimum atomic E-state index is 0.800. The van der Waals surface area contributed by atoms with Crippen LogP contribution >= 0.6 is 0 Å². The average molecular weight is 281 g/mol. The van der Waals surface area contributed by atoms with Gasteiger partial charge in [-0.25, -0.2) is 0 Å². The van der Waals surface area contributed by atoms with Gasteiger partial charge in [0.2, 0.25) is 0 Å². The molecule has 4 nitrogen and oxygen atoms in total. The van der Waals surface area contributed by atoms with Crippen LogP contribution in [0.25, 0.3) is 0 Å². The fraction of sp³-hybridized carbons (Fsp3) is 1.00. The molecule has 0 radical (unpaired) electrons. The number of rotatable bonds is 5. The summed E-state index contributed by atoms with van der Waals surface area (Å²) in [6.45, 7) is 13.0. The van der Waals surface area contributed by atoms with Gasteiger partial charge in [0.25, 0.3) is 0 Å². The molecule has 3 aliphatic rings. The Hall–Kier alpha value is -0.160. The van der Waals surface area contributed by atoms with Crippen LogP contribution in [0.3, 0.4) is 0 Å². The average Bonchev–Trinajstić information content (AvgIpc) is 2.94. The van der Waals surface area contributed by atoms with Gasteiger partial charge in [0.1, 0.15) is 0 Å². The van der Waals surface area contributed by atoms with Gasteiger partial charge >= 0.3 is 0 Å². The third-order valence-electron chi connectivity index (χ3n) is 5.40. The van der Waals surface area contributed by atoms with Crippen LogP contribution in [0.4, 0.5) is 0 Å². The summed E-state index contributed by atoms with van der Waals surface area (Å²) in [6, 6.07) is 1.66. The predicted octanol–water partition coefficient (Wildman–Crippen LogP) is 1.27. The van der Waals surface area contributed by atoms with E-state index in [9.17, 15) is 0 Å². The summed E-state index contributed by atoms with van der Waals surface area (Å²) >= 11 is 0. The Morgan fingerprint density at radius 1 is 1.05 bits per heavy atom. The van der Waals surface area contributed by atoms with Crippen molar-refractivity contribution in [1.82, 2.24) is 14.7 Å². The Morgan fingerprint density at radius 2 is 1.90 bits per heavy atom. The van der Waals surface area contributed by atoms with Gasteiger partial charge in [-0.3, -0.25) is 14.7 Å². The van der Waals surface area contributed by atoms with Crippen molar-refractivity contribution in [1.29, 1.82) is 0 Å². The lowest BCUT2D eigenvalue weighted by Gasteiger charge is -2.43. The first-order chi connectivity index (χ1) is 9.86. The molecule has 20 heavy (non-hydrogen) atoms. The lowest BCUT2D eigenvalue weighted by Crippen LogP contribution is -2.56. The third-order valence-corrected chi connectivity index (χ3v) is 5.40. The van der Waals surface area contributed by atoms with Crippen LogP contribution in [-0.2, 0) is 4.74 Å². The van der Waals surface area contributed by atoms with E-state index in [0.29, 0.717) is 0 Å². The van der Waals surface area contributed by atoms with Crippen molar-refractivity contribution in [2.75, 3.05) is 59.0 Å². The maximum absolute atomic E-state index is 5.42. The maximum Gasteiger partial charge on any atom is 0.0594 e. The summed E-state index contributed by atoms with van der Waals surface area (Å²) < 4.78 is 5.42. The number of ether oxygens (including phenoxy) is 1. The summed E-state index contributed by atoms with van der Waals surface area (Å²) in [5.74, 6) is 0. The van der Waals surface area contributed by atoms with Gasteiger partial charge in [-0.2, -0.15) is 0 Å². The Labute approximate surface area is 124 Å². The number of piperazine rings is 1. The van der Waals surface area contributed by atoms with Crippen molar-refractivity contribution >= 4 is 0 Å². The normalized spacial score (nSPS) is 33.5. The van der Waals surface area contributed by atoms with Crippen LogP contribution in [0.1, 0.15) is 32.6 Å². The van der Waals surface area contributed by atoms with E-state index in [-0.39, 0.29) is 0 Å². The standard InChI is InChI=1S/C16H31N3O/c1-2-15-13-19-7-3-5-16(19)14-18(15)8-4-6-17-9-11-20-12-10-17/h15-16H,2-14H2,1H3/t15-,16-/m0/s1. The van der Waals surface area contributed by atoms with Crippen LogP contribution in [-0.4, -0.2) is 85.8 Å². The summed E-state index contributed by atoms with van der Waals surface area (Å²) in [5.41, 5.74) is 0. The quantitative estimate of drug-likeness (QED) is 0.755. The zero-order valence-electron chi connectivity index (χ0n) is 13.1. The molecule has 116 valence electrons. The minimum absolute atomic E-state index is 0.800. The zero-order valence-corrected chi connectivity index (χ0v) is 13.1. The second kappa shape index (κ2) is 7.21. The Bertz CT molecular complexity index is 293. The van der Waals surface area contributed by atoms with Crippen molar-refractivity contribution in [2.45, 2.75) is 44.7 Å². The van der Waals surface area contributed by atoms with Crippen LogP contribution in [0.2, 0.25) is 0 Å². The zero-order chi connectivity index (χ0) is 13.8. The van der Waals surface area contributed by atoms with Gasteiger partial charge in [0, 0.05) is 38.3 Å². The minimum Gasteiger partial charge on any atom is -0.379 e. The molecule has 2 atom stereocenters. The van der Waals surface area contributed by atoms with E-state index in [1.807, 2.05) is 0 Å². The Balaban J connectivity index is 1.43. The fourth-order valence-electron chi connectivity index (χ4n) is 4.13. The van der Waals surface area contributed by atoms with Gasteiger partial charge in [-0.1, -0.05) is 6.92 Å². The molecule has 3 saturated heterocycles. The fourth-order valence-corrected chi connectivity index (χ4v) is 4.13. The number of fused-ring (bicyclic) bond motifs is 1. The second-order valence-electron chi connectivity index (χ2n) is 6.66. The second-order valence-corrected chi connectivity index (χ2v) is 6.66. The largest absolute Gasteiger partial charge is 0.379 e. The van der Waals surface area contributed by atoms with Crippen molar-refractivity contribution in [3.63, 3.8) is 0 Å². The highest BCUT2D eigenvalue weighted by molar-refractivity contribution is 4.91. The molecule has 0 aliphatic carbocycles. The smallest absolute Gasteiger partial charge is 0.0594 e. The van der Waals surface area contributed by atoms with E-state index in [0.717, 1.165) is 38.4 Å². The van der Waals surface area contributed by atoms with Crippen LogP contribution < -0.4 is 0 Å².